The fourth-order valence-corrected chi connectivity index (χ4v) is 2.90. The summed E-state index contributed by atoms with van der Waals surface area (Å²) in [6.45, 7) is 2.81. The zero-order chi connectivity index (χ0) is 18.2. The van der Waals surface area contributed by atoms with Crippen LogP contribution in [-0.2, 0) is 17.9 Å². The van der Waals surface area contributed by atoms with Gasteiger partial charge in [0, 0.05) is 6.54 Å². The number of H-pyrrole nitrogens is 1. The van der Waals surface area contributed by atoms with Crippen LogP contribution < -0.4 is 10.1 Å². The van der Waals surface area contributed by atoms with E-state index in [4.69, 9.17) is 4.74 Å². The fraction of sp³-hybridized carbons (Fsp3) is 0.211. The lowest BCUT2D eigenvalue weighted by Gasteiger charge is -2.06. The minimum Gasteiger partial charge on any atom is -0.485 e. The van der Waals surface area contributed by atoms with E-state index in [9.17, 15) is 4.79 Å². The van der Waals surface area contributed by atoms with E-state index in [-0.39, 0.29) is 11.7 Å². The maximum Gasteiger partial charge on any atom is 0.230 e. The lowest BCUT2D eigenvalue weighted by Crippen LogP contribution is -2.24. The predicted octanol–water partition coefficient (Wildman–Crippen LogP) is 3.10. The van der Waals surface area contributed by atoms with Gasteiger partial charge in [0.1, 0.15) is 12.4 Å². The highest BCUT2D eigenvalue weighted by Gasteiger charge is 2.08. The van der Waals surface area contributed by atoms with Crippen molar-refractivity contribution in [2.75, 3.05) is 5.75 Å². The van der Waals surface area contributed by atoms with Gasteiger partial charge in [-0.05, 0) is 24.1 Å². The number of carbonyl (C=O) groups is 1. The molecular formula is C19H20N4O2S. The number of carbonyl (C=O) groups excluding carboxylic acids is 1. The number of aromatic nitrogens is 3. The molecule has 3 aromatic rings. The highest BCUT2D eigenvalue weighted by atomic mass is 32.2. The second-order valence-electron chi connectivity index (χ2n) is 5.67. The summed E-state index contributed by atoms with van der Waals surface area (Å²) in [6, 6.07) is 17.6. The molecule has 0 aliphatic heterocycles. The molecule has 1 aromatic heterocycles. The number of ether oxygens (including phenoxy) is 1. The molecule has 0 aliphatic rings. The van der Waals surface area contributed by atoms with Gasteiger partial charge in [-0.3, -0.25) is 9.89 Å². The number of aromatic amines is 1. The molecule has 0 aliphatic carbocycles. The molecule has 7 heteroatoms. The van der Waals surface area contributed by atoms with Crippen LogP contribution in [0.5, 0.6) is 5.75 Å². The van der Waals surface area contributed by atoms with Crippen LogP contribution in [0.2, 0.25) is 0 Å². The Morgan fingerprint density at radius 3 is 2.73 bits per heavy atom. The van der Waals surface area contributed by atoms with Crippen molar-refractivity contribution in [3.8, 4) is 5.75 Å². The molecular weight excluding hydrogens is 348 g/mol. The molecule has 6 nitrogen and oxygen atoms in total. The molecule has 0 saturated heterocycles. The molecule has 1 heterocycles. The zero-order valence-corrected chi connectivity index (χ0v) is 15.3. The van der Waals surface area contributed by atoms with Gasteiger partial charge in [-0.2, -0.15) is 0 Å². The number of benzene rings is 2. The Labute approximate surface area is 156 Å². The van der Waals surface area contributed by atoms with Gasteiger partial charge >= 0.3 is 0 Å². The summed E-state index contributed by atoms with van der Waals surface area (Å²) < 4.78 is 5.73. The zero-order valence-electron chi connectivity index (χ0n) is 14.4. The highest BCUT2D eigenvalue weighted by Crippen LogP contribution is 2.18. The second-order valence-corrected chi connectivity index (χ2v) is 6.61. The number of nitrogens with zero attached hydrogens (tertiary/aromatic N) is 2. The van der Waals surface area contributed by atoms with E-state index in [0.29, 0.717) is 24.1 Å². The van der Waals surface area contributed by atoms with Crippen LogP contribution in [0.25, 0.3) is 0 Å². The van der Waals surface area contributed by atoms with Gasteiger partial charge in [0.05, 0.1) is 5.75 Å². The number of nitrogens with one attached hydrogen (secondary N) is 2. The summed E-state index contributed by atoms with van der Waals surface area (Å²) in [5, 5.41) is 10.4. The standard InChI is InChI=1S/C19H20N4O2S/c1-14-7-5-6-10-16(14)25-12-17-21-19(23-22-17)26-13-18(24)20-11-15-8-3-2-4-9-15/h2-10H,11-13H2,1H3,(H,20,24)(H,21,22,23). The third-order valence-corrected chi connectivity index (χ3v) is 4.48. The Morgan fingerprint density at radius 1 is 1.15 bits per heavy atom. The Morgan fingerprint density at radius 2 is 1.92 bits per heavy atom. The molecule has 3 rings (SSSR count). The summed E-state index contributed by atoms with van der Waals surface area (Å²) in [7, 11) is 0. The van der Waals surface area contributed by atoms with Crippen LogP contribution in [-0.4, -0.2) is 26.8 Å². The van der Waals surface area contributed by atoms with E-state index < -0.39 is 0 Å². The molecule has 0 unspecified atom stereocenters. The molecule has 0 fully saturated rings. The Bertz CT molecular complexity index is 852. The third kappa shape index (κ3) is 5.35. The van der Waals surface area contributed by atoms with Crippen molar-refractivity contribution in [3.05, 3.63) is 71.5 Å². The lowest BCUT2D eigenvalue weighted by atomic mass is 10.2. The highest BCUT2D eigenvalue weighted by molar-refractivity contribution is 7.99. The number of amides is 1. The van der Waals surface area contributed by atoms with Crippen molar-refractivity contribution in [1.82, 2.24) is 20.5 Å². The van der Waals surface area contributed by atoms with Crippen molar-refractivity contribution < 1.29 is 9.53 Å². The van der Waals surface area contributed by atoms with E-state index in [1.165, 1.54) is 11.8 Å². The number of rotatable bonds is 8. The molecule has 26 heavy (non-hydrogen) atoms. The van der Waals surface area contributed by atoms with Crippen LogP contribution >= 0.6 is 11.8 Å². The first-order valence-corrected chi connectivity index (χ1v) is 9.22. The minimum atomic E-state index is -0.0543. The predicted molar refractivity (Wildman–Crippen MR) is 101 cm³/mol. The molecule has 0 saturated carbocycles. The monoisotopic (exact) mass is 368 g/mol. The smallest absolute Gasteiger partial charge is 0.230 e. The van der Waals surface area contributed by atoms with E-state index in [1.54, 1.807) is 0 Å². The molecule has 0 radical (unpaired) electrons. The molecule has 2 aromatic carbocycles. The lowest BCUT2D eigenvalue weighted by molar-refractivity contribution is -0.118. The van der Waals surface area contributed by atoms with E-state index in [2.05, 4.69) is 20.5 Å². The average Bonchev–Trinajstić information content (AvgIpc) is 3.13. The second kappa shape index (κ2) is 9.05. The number of thioether (sulfide) groups is 1. The molecule has 2 N–H and O–H groups in total. The van der Waals surface area contributed by atoms with Crippen molar-refractivity contribution in [2.45, 2.75) is 25.2 Å². The first-order valence-electron chi connectivity index (χ1n) is 8.24. The van der Waals surface area contributed by atoms with Crippen LogP contribution in [0.3, 0.4) is 0 Å². The SMILES string of the molecule is Cc1ccccc1OCc1nc(SCC(=O)NCc2ccccc2)n[nH]1. The Hall–Kier alpha value is -2.80. The maximum absolute atomic E-state index is 11.9. The van der Waals surface area contributed by atoms with Gasteiger partial charge in [-0.1, -0.05) is 60.3 Å². The van der Waals surface area contributed by atoms with E-state index >= 15 is 0 Å². The first kappa shape index (κ1) is 18.0. The third-order valence-electron chi connectivity index (χ3n) is 3.63. The number of para-hydroxylation sites is 1. The first-order chi connectivity index (χ1) is 12.7. The van der Waals surface area contributed by atoms with Gasteiger partial charge in [0.15, 0.2) is 5.82 Å². The van der Waals surface area contributed by atoms with Gasteiger partial charge in [-0.25, -0.2) is 4.98 Å². The van der Waals surface area contributed by atoms with Crippen molar-refractivity contribution >= 4 is 17.7 Å². The van der Waals surface area contributed by atoms with Gasteiger partial charge in [-0.15, -0.1) is 5.10 Å². The topological polar surface area (TPSA) is 79.9 Å². The average molecular weight is 368 g/mol. The molecule has 0 bridgehead atoms. The van der Waals surface area contributed by atoms with Gasteiger partial charge in [0.25, 0.3) is 0 Å². The van der Waals surface area contributed by atoms with Crippen LogP contribution in [0, 0.1) is 6.92 Å². The van der Waals surface area contributed by atoms with Crippen LogP contribution in [0.15, 0.2) is 59.8 Å². The molecule has 0 spiro atoms. The van der Waals surface area contributed by atoms with Gasteiger partial charge < -0.3 is 10.1 Å². The molecule has 1 amide bonds. The fourth-order valence-electron chi connectivity index (χ4n) is 2.25. The summed E-state index contributed by atoms with van der Waals surface area (Å²) in [5.74, 6) is 1.66. The Balaban J connectivity index is 1.42. The maximum atomic E-state index is 11.9. The number of hydrogen-bond acceptors (Lipinski definition) is 5. The summed E-state index contributed by atoms with van der Waals surface area (Å²) in [6.07, 6.45) is 0. The molecule has 0 atom stereocenters. The summed E-state index contributed by atoms with van der Waals surface area (Å²) in [4.78, 5) is 16.3. The molecule has 134 valence electrons. The van der Waals surface area contributed by atoms with E-state index in [1.807, 2.05) is 61.5 Å². The normalized spacial score (nSPS) is 10.5. The van der Waals surface area contributed by atoms with Crippen LogP contribution in [0.1, 0.15) is 17.0 Å². The van der Waals surface area contributed by atoms with Crippen molar-refractivity contribution in [1.29, 1.82) is 0 Å². The summed E-state index contributed by atoms with van der Waals surface area (Å²) in [5.41, 5.74) is 2.14. The minimum absolute atomic E-state index is 0.0543. The Kier molecular flexibility index (Phi) is 6.27. The van der Waals surface area contributed by atoms with Gasteiger partial charge in [0.2, 0.25) is 11.1 Å². The van der Waals surface area contributed by atoms with Crippen molar-refractivity contribution in [3.63, 3.8) is 0 Å². The summed E-state index contributed by atoms with van der Waals surface area (Å²) >= 11 is 1.29. The largest absolute Gasteiger partial charge is 0.485 e. The van der Waals surface area contributed by atoms with E-state index in [0.717, 1.165) is 16.9 Å². The quantitative estimate of drug-likeness (QED) is 0.597. The number of aryl methyl sites for hydroxylation is 1. The number of hydrogen-bond donors (Lipinski definition) is 2. The van der Waals surface area contributed by atoms with Crippen LogP contribution in [0.4, 0.5) is 0 Å². The van der Waals surface area contributed by atoms with Crippen molar-refractivity contribution in [2.24, 2.45) is 0 Å².